The van der Waals surface area contributed by atoms with Crippen LogP contribution in [0.5, 0.6) is 5.75 Å². The van der Waals surface area contributed by atoms with Gasteiger partial charge in [0.1, 0.15) is 17.3 Å². The van der Waals surface area contributed by atoms with Crippen LogP contribution in [0.25, 0.3) is 0 Å². The summed E-state index contributed by atoms with van der Waals surface area (Å²) in [5, 5.41) is 2.03. The number of ether oxygens (including phenoxy) is 1. The molecule has 21 heavy (non-hydrogen) atoms. The van der Waals surface area contributed by atoms with Gasteiger partial charge in [0.2, 0.25) is 0 Å². The molecule has 4 N–H and O–H groups in total. The van der Waals surface area contributed by atoms with Crippen LogP contribution >= 0.6 is 11.3 Å². The van der Waals surface area contributed by atoms with Crippen LogP contribution in [0.3, 0.4) is 0 Å². The number of amidine groups is 1. The fourth-order valence-corrected chi connectivity index (χ4v) is 3.28. The normalized spacial score (nSPS) is 20.1. The monoisotopic (exact) mass is 301 g/mol. The first-order chi connectivity index (χ1) is 10.0. The molecular formula is C16H19N3OS. The van der Waals surface area contributed by atoms with Crippen molar-refractivity contribution in [2.75, 3.05) is 0 Å². The highest BCUT2D eigenvalue weighted by Crippen LogP contribution is 2.38. The Labute approximate surface area is 128 Å². The number of nitrogens with zero attached hydrogens (tertiary/aromatic N) is 1. The third-order valence-electron chi connectivity index (χ3n) is 3.81. The average Bonchev–Trinajstić information content (AvgIpc) is 3.00. The third kappa shape index (κ3) is 2.43. The number of thiophene rings is 1. The number of nitrogens with two attached hydrogens (primary N) is 2. The van der Waals surface area contributed by atoms with E-state index in [9.17, 15) is 0 Å². The summed E-state index contributed by atoms with van der Waals surface area (Å²) >= 11 is 1.65. The van der Waals surface area contributed by atoms with E-state index in [4.69, 9.17) is 16.2 Å². The molecule has 0 fully saturated rings. The van der Waals surface area contributed by atoms with E-state index in [0.717, 1.165) is 28.3 Å². The Balaban J connectivity index is 2.01. The summed E-state index contributed by atoms with van der Waals surface area (Å²) in [4.78, 5) is 5.58. The van der Waals surface area contributed by atoms with E-state index in [-0.39, 0.29) is 6.10 Å². The topological polar surface area (TPSA) is 73.6 Å². The second kappa shape index (κ2) is 5.16. The lowest BCUT2D eigenvalue weighted by Gasteiger charge is -2.27. The van der Waals surface area contributed by atoms with Crippen molar-refractivity contribution < 1.29 is 4.74 Å². The first-order valence-electron chi connectivity index (χ1n) is 7.00. The smallest absolute Gasteiger partial charge is 0.155 e. The van der Waals surface area contributed by atoms with Gasteiger partial charge in [-0.2, -0.15) is 0 Å². The van der Waals surface area contributed by atoms with Crippen LogP contribution < -0.4 is 16.2 Å². The van der Waals surface area contributed by atoms with Crippen LogP contribution in [-0.2, 0) is 5.54 Å². The van der Waals surface area contributed by atoms with E-state index in [1.165, 1.54) is 0 Å². The van der Waals surface area contributed by atoms with Crippen molar-refractivity contribution >= 4 is 22.9 Å². The number of benzene rings is 1. The van der Waals surface area contributed by atoms with E-state index in [1.54, 1.807) is 11.3 Å². The molecule has 1 aliphatic heterocycles. The summed E-state index contributed by atoms with van der Waals surface area (Å²) < 4.78 is 5.86. The zero-order valence-electron chi connectivity index (χ0n) is 12.2. The van der Waals surface area contributed by atoms with Gasteiger partial charge in [-0.25, -0.2) is 4.99 Å². The van der Waals surface area contributed by atoms with Gasteiger partial charge < -0.3 is 16.2 Å². The van der Waals surface area contributed by atoms with Crippen molar-refractivity contribution in [3.8, 4) is 5.75 Å². The maximum atomic E-state index is 6.51. The molecule has 1 aliphatic rings. The summed E-state index contributed by atoms with van der Waals surface area (Å²) in [6.07, 6.45) is 0.672. The zero-order valence-corrected chi connectivity index (χ0v) is 13.0. The average molecular weight is 301 g/mol. The van der Waals surface area contributed by atoms with Gasteiger partial charge in [0, 0.05) is 4.88 Å². The van der Waals surface area contributed by atoms with Crippen molar-refractivity contribution in [2.24, 2.45) is 16.5 Å². The zero-order chi connectivity index (χ0) is 15.0. The molecule has 0 amide bonds. The minimum atomic E-state index is -0.547. The van der Waals surface area contributed by atoms with Crippen LogP contribution in [0, 0.1) is 0 Å². The van der Waals surface area contributed by atoms with Gasteiger partial charge in [0.25, 0.3) is 0 Å². The number of aliphatic imine (C=N–C) groups is 1. The lowest BCUT2D eigenvalue weighted by molar-refractivity contribution is 0.257. The molecule has 2 unspecified atom stereocenters. The number of rotatable bonds is 3. The Hall–Kier alpha value is -1.85. The van der Waals surface area contributed by atoms with E-state index in [0.29, 0.717) is 5.84 Å². The standard InChI is InChI=1S/C16H19N3OS/c1-3-12-15(17)19-11-9-10(6-7-13(11)20-12)16(2,18)14-5-4-8-21-14/h4-9,12H,3,18H2,1-2H3,(H2,17,19). The van der Waals surface area contributed by atoms with Crippen LogP contribution in [0.2, 0.25) is 0 Å². The van der Waals surface area contributed by atoms with Gasteiger partial charge in [-0.1, -0.05) is 19.1 Å². The van der Waals surface area contributed by atoms with Gasteiger partial charge in [-0.3, -0.25) is 0 Å². The van der Waals surface area contributed by atoms with Crippen LogP contribution in [0.15, 0.2) is 40.7 Å². The van der Waals surface area contributed by atoms with Crippen molar-refractivity contribution in [1.82, 2.24) is 0 Å². The Bertz CT molecular complexity index is 677. The lowest BCUT2D eigenvalue weighted by Crippen LogP contribution is -2.36. The van der Waals surface area contributed by atoms with E-state index >= 15 is 0 Å². The largest absolute Gasteiger partial charge is 0.480 e. The second-order valence-electron chi connectivity index (χ2n) is 5.41. The second-order valence-corrected chi connectivity index (χ2v) is 6.36. The number of hydrogen-bond donors (Lipinski definition) is 2. The summed E-state index contributed by atoms with van der Waals surface area (Å²) in [6, 6.07) is 9.96. The van der Waals surface area contributed by atoms with Gasteiger partial charge in [0.05, 0.1) is 5.54 Å². The van der Waals surface area contributed by atoms with E-state index in [2.05, 4.69) is 4.99 Å². The summed E-state index contributed by atoms with van der Waals surface area (Å²) in [7, 11) is 0. The highest BCUT2D eigenvalue weighted by molar-refractivity contribution is 7.10. The maximum Gasteiger partial charge on any atom is 0.155 e. The quantitative estimate of drug-likeness (QED) is 0.914. The molecule has 110 valence electrons. The molecule has 0 bridgehead atoms. The molecule has 2 atom stereocenters. The van der Waals surface area contributed by atoms with Crippen molar-refractivity contribution in [3.63, 3.8) is 0 Å². The molecule has 1 aromatic carbocycles. The molecular weight excluding hydrogens is 282 g/mol. The Kier molecular flexibility index (Phi) is 3.47. The molecule has 4 nitrogen and oxygen atoms in total. The van der Waals surface area contributed by atoms with Crippen LogP contribution in [0.1, 0.15) is 30.7 Å². The highest BCUT2D eigenvalue weighted by atomic mass is 32.1. The number of fused-ring (bicyclic) bond motifs is 1. The fraction of sp³-hybridized carbons (Fsp3) is 0.312. The molecule has 2 heterocycles. The third-order valence-corrected chi connectivity index (χ3v) is 4.92. The Morgan fingerprint density at radius 3 is 2.86 bits per heavy atom. The van der Waals surface area contributed by atoms with Gasteiger partial charge in [0.15, 0.2) is 6.10 Å². The van der Waals surface area contributed by atoms with Gasteiger partial charge in [-0.05, 0) is 42.5 Å². The molecule has 0 saturated heterocycles. The summed E-state index contributed by atoms with van der Waals surface area (Å²) in [6.45, 7) is 4.03. The van der Waals surface area contributed by atoms with Crippen LogP contribution in [0.4, 0.5) is 5.69 Å². The predicted molar refractivity (Wildman–Crippen MR) is 87.4 cm³/mol. The van der Waals surface area contributed by atoms with Gasteiger partial charge in [-0.15, -0.1) is 11.3 Å². The lowest BCUT2D eigenvalue weighted by atomic mass is 9.91. The molecule has 0 radical (unpaired) electrons. The molecule has 2 aromatic rings. The fourth-order valence-electron chi connectivity index (χ4n) is 2.46. The molecule has 0 spiro atoms. The van der Waals surface area contributed by atoms with Crippen LogP contribution in [-0.4, -0.2) is 11.9 Å². The van der Waals surface area contributed by atoms with E-state index < -0.39 is 5.54 Å². The summed E-state index contributed by atoms with van der Waals surface area (Å²) in [5.74, 6) is 1.29. The first kappa shape index (κ1) is 14.1. The minimum Gasteiger partial charge on any atom is -0.480 e. The van der Waals surface area contributed by atoms with E-state index in [1.807, 2.05) is 49.6 Å². The van der Waals surface area contributed by atoms with Crippen molar-refractivity contribution in [3.05, 3.63) is 46.2 Å². The molecule has 1 aromatic heterocycles. The predicted octanol–water partition coefficient (Wildman–Crippen LogP) is 3.13. The molecule has 0 aliphatic carbocycles. The van der Waals surface area contributed by atoms with Crippen molar-refractivity contribution in [1.29, 1.82) is 0 Å². The Morgan fingerprint density at radius 1 is 1.38 bits per heavy atom. The van der Waals surface area contributed by atoms with Crippen molar-refractivity contribution in [2.45, 2.75) is 31.9 Å². The highest BCUT2D eigenvalue weighted by Gasteiger charge is 2.27. The Morgan fingerprint density at radius 2 is 2.19 bits per heavy atom. The SMILES string of the molecule is CCC1Oc2ccc(C(C)(N)c3cccs3)cc2N=C1N. The molecule has 3 rings (SSSR count). The number of hydrogen-bond acceptors (Lipinski definition) is 5. The maximum absolute atomic E-state index is 6.51. The molecule has 0 saturated carbocycles. The van der Waals surface area contributed by atoms with Gasteiger partial charge >= 0.3 is 0 Å². The molecule has 5 heteroatoms. The summed E-state index contributed by atoms with van der Waals surface area (Å²) in [5.41, 5.74) is 13.7. The minimum absolute atomic E-state index is 0.134. The first-order valence-corrected chi connectivity index (χ1v) is 7.88.